The van der Waals surface area contributed by atoms with E-state index in [1.807, 2.05) is 18.2 Å². The first-order chi connectivity index (χ1) is 8.81. The van der Waals surface area contributed by atoms with Crippen molar-refractivity contribution < 1.29 is 5.11 Å². The SMILES string of the molecule is O[C@H]1CCN(Cc2csc(-c3ccccc3)n2)C1. The van der Waals surface area contributed by atoms with Crippen molar-refractivity contribution in [2.24, 2.45) is 0 Å². The molecule has 4 heteroatoms. The highest BCUT2D eigenvalue weighted by Gasteiger charge is 2.20. The van der Waals surface area contributed by atoms with Crippen LogP contribution in [0.1, 0.15) is 12.1 Å². The third kappa shape index (κ3) is 2.61. The molecular weight excluding hydrogens is 244 g/mol. The number of rotatable bonds is 3. The molecule has 1 N–H and O–H groups in total. The zero-order valence-corrected chi connectivity index (χ0v) is 10.9. The van der Waals surface area contributed by atoms with Crippen molar-refractivity contribution >= 4 is 11.3 Å². The van der Waals surface area contributed by atoms with Crippen LogP contribution in [-0.4, -0.2) is 34.2 Å². The zero-order valence-electron chi connectivity index (χ0n) is 10.1. The molecule has 18 heavy (non-hydrogen) atoms. The lowest BCUT2D eigenvalue weighted by atomic mass is 10.2. The summed E-state index contributed by atoms with van der Waals surface area (Å²) in [5.74, 6) is 0. The zero-order chi connectivity index (χ0) is 12.4. The molecule has 2 heterocycles. The summed E-state index contributed by atoms with van der Waals surface area (Å²) in [7, 11) is 0. The van der Waals surface area contributed by atoms with Crippen molar-refractivity contribution in [3.05, 3.63) is 41.4 Å². The van der Waals surface area contributed by atoms with Crippen LogP contribution >= 0.6 is 11.3 Å². The molecule has 0 unspecified atom stereocenters. The average molecular weight is 260 g/mol. The van der Waals surface area contributed by atoms with E-state index in [-0.39, 0.29) is 6.10 Å². The van der Waals surface area contributed by atoms with Crippen LogP contribution in [0.2, 0.25) is 0 Å². The fourth-order valence-corrected chi connectivity index (χ4v) is 3.09. The van der Waals surface area contributed by atoms with E-state index < -0.39 is 0 Å². The summed E-state index contributed by atoms with van der Waals surface area (Å²) in [6.07, 6.45) is 0.729. The number of benzene rings is 1. The van der Waals surface area contributed by atoms with Crippen LogP contribution in [0.4, 0.5) is 0 Å². The largest absolute Gasteiger partial charge is 0.392 e. The van der Waals surface area contributed by atoms with E-state index in [9.17, 15) is 5.11 Å². The second kappa shape index (κ2) is 5.18. The first kappa shape index (κ1) is 11.8. The van der Waals surface area contributed by atoms with Gasteiger partial charge in [0.1, 0.15) is 5.01 Å². The second-order valence-corrected chi connectivity index (χ2v) is 5.55. The van der Waals surface area contributed by atoms with Gasteiger partial charge in [-0.1, -0.05) is 30.3 Å². The summed E-state index contributed by atoms with van der Waals surface area (Å²) in [5.41, 5.74) is 2.28. The van der Waals surface area contributed by atoms with E-state index in [1.54, 1.807) is 11.3 Å². The molecule has 1 aliphatic rings. The number of aliphatic hydroxyl groups is 1. The van der Waals surface area contributed by atoms with Gasteiger partial charge in [-0.2, -0.15) is 0 Å². The molecular formula is C14H16N2OS. The Morgan fingerprint density at radius 3 is 2.89 bits per heavy atom. The molecule has 1 saturated heterocycles. The van der Waals surface area contributed by atoms with Gasteiger partial charge >= 0.3 is 0 Å². The molecule has 1 aromatic carbocycles. The van der Waals surface area contributed by atoms with Gasteiger partial charge < -0.3 is 5.11 Å². The van der Waals surface area contributed by atoms with Crippen LogP contribution in [0.5, 0.6) is 0 Å². The monoisotopic (exact) mass is 260 g/mol. The standard InChI is InChI=1S/C14H16N2OS/c17-13-6-7-16(9-13)8-12-10-18-14(15-12)11-4-2-1-3-5-11/h1-5,10,13,17H,6-9H2/t13-/m0/s1. The number of nitrogens with zero attached hydrogens (tertiary/aromatic N) is 2. The van der Waals surface area contributed by atoms with Gasteiger partial charge in [0.2, 0.25) is 0 Å². The van der Waals surface area contributed by atoms with E-state index in [2.05, 4.69) is 27.4 Å². The summed E-state index contributed by atoms with van der Waals surface area (Å²) in [4.78, 5) is 6.92. The molecule has 0 bridgehead atoms. The van der Waals surface area contributed by atoms with Gasteiger partial charge in [-0.25, -0.2) is 4.98 Å². The fraction of sp³-hybridized carbons (Fsp3) is 0.357. The molecule has 0 saturated carbocycles. The Morgan fingerprint density at radius 1 is 1.33 bits per heavy atom. The Bertz CT molecular complexity index is 512. The normalized spacial score (nSPS) is 20.4. The molecule has 1 aliphatic heterocycles. The molecule has 0 amide bonds. The fourth-order valence-electron chi connectivity index (χ4n) is 2.28. The van der Waals surface area contributed by atoms with Gasteiger partial charge in [0.05, 0.1) is 11.8 Å². The van der Waals surface area contributed by atoms with Crippen LogP contribution in [0.15, 0.2) is 35.7 Å². The predicted octanol–water partition coefficient (Wildman–Crippen LogP) is 2.38. The van der Waals surface area contributed by atoms with E-state index in [1.165, 1.54) is 5.56 Å². The molecule has 0 aliphatic carbocycles. The number of likely N-dealkylation sites (tertiary alicyclic amines) is 1. The molecule has 3 nitrogen and oxygen atoms in total. The molecule has 2 aromatic rings. The number of thiazole rings is 1. The van der Waals surface area contributed by atoms with Crippen molar-refractivity contribution in [2.45, 2.75) is 19.1 Å². The number of aliphatic hydroxyl groups excluding tert-OH is 1. The highest BCUT2D eigenvalue weighted by Crippen LogP contribution is 2.24. The molecule has 1 aromatic heterocycles. The lowest BCUT2D eigenvalue weighted by molar-refractivity contribution is 0.174. The average Bonchev–Trinajstić information content (AvgIpc) is 3.01. The summed E-state index contributed by atoms with van der Waals surface area (Å²) < 4.78 is 0. The molecule has 0 radical (unpaired) electrons. The Morgan fingerprint density at radius 2 is 2.17 bits per heavy atom. The Kier molecular flexibility index (Phi) is 3.41. The van der Waals surface area contributed by atoms with Gasteiger partial charge in [0.25, 0.3) is 0 Å². The number of hydrogen-bond donors (Lipinski definition) is 1. The van der Waals surface area contributed by atoms with Gasteiger partial charge in [-0.05, 0) is 6.42 Å². The van der Waals surface area contributed by atoms with Crippen molar-refractivity contribution in [3.8, 4) is 10.6 Å². The Labute approximate surface area is 111 Å². The predicted molar refractivity (Wildman–Crippen MR) is 73.5 cm³/mol. The number of aromatic nitrogens is 1. The minimum absolute atomic E-state index is 0.155. The smallest absolute Gasteiger partial charge is 0.123 e. The van der Waals surface area contributed by atoms with Crippen molar-refractivity contribution in [1.29, 1.82) is 0 Å². The molecule has 94 valence electrons. The summed E-state index contributed by atoms with van der Waals surface area (Å²) >= 11 is 1.69. The van der Waals surface area contributed by atoms with Crippen LogP contribution in [0, 0.1) is 0 Å². The van der Waals surface area contributed by atoms with Crippen LogP contribution in [0.25, 0.3) is 10.6 Å². The first-order valence-electron chi connectivity index (χ1n) is 6.21. The Balaban J connectivity index is 1.70. The lowest BCUT2D eigenvalue weighted by Crippen LogP contribution is -2.21. The van der Waals surface area contributed by atoms with Gasteiger partial charge in [0.15, 0.2) is 0 Å². The maximum absolute atomic E-state index is 9.50. The van der Waals surface area contributed by atoms with E-state index >= 15 is 0 Å². The molecule has 1 atom stereocenters. The third-order valence-corrected chi connectivity index (χ3v) is 4.15. The topological polar surface area (TPSA) is 36.4 Å². The minimum Gasteiger partial charge on any atom is -0.392 e. The Hall–Kier alpha value is -1.23. The number of hydrogen-bond acceptors (Lipinski definition) is 4. The van der Waals surface area contributed by atoms with Crippen molar-refractivity contribution in [2.75, 3.05) is 13.1 Å². The quantitative estimate of drug-likeness (QED) is 0.920. The van der Waals surface area contributed by atoms with Crippen LogP contribution in [-0.2, 0) is 6.54 Å². The van der Waals surface area contributed by atoms with Gasteiger partial charge in [-0.3, -0.25) is 4.90 Å². The molecule has 0 spiro atoms. The lowest BCUT2D eigenvalue weighted by Gasteiger charge is -2.12. The maximum atomic E-state index is 9.50. The molecule has 3 rings (SSSR count). The summed E-state index contributed by atoms with van der Waals surface area (Å²) in [6.45, 7) is 2.60. The summed E-state index contributed by atoms with van der Waals surface area (Å²) in [5, 5.41) is 12.7. The first-order valence-corrected chi connectivity index (χ1v) is 7.09. The maximum Gasteiger partial charge on any atom is 0.123 e. The molecule has 1 fully saturated rings. The highest BCUT2D eigenvalue weighted by molar-refractivity contribution is 7.13. The van der Waals surface area contributed by atoms with Crippen molar-refractivity contribution in [1.82, 2.24) is 9.88 Å². The number of β-amino-alcohol motifs (C(OH)–C–C–N with tert-alkyl or cyclic N) is 1. The van der Waals surface area contributed by atoms with Gasteiger partial charge in [0, 0.05) is 30.6 Å². The van der Waals surface area contributed by atoms with E-state index in [0.29, 0.717) is 0 Å². The van der Waals surface area contributed by atoms with E-state index in [4.69, 9.17) is 0 Å². The van der Waals surface area contributed by atoms with Gasteiger partial charge in [-0.15, -0.1) is 11.3 Å². The minimum atomic E-state index is -0.155. The summed E-state index contributed by atoms with van der Waals surface area (Å²) in [6, 6.07) is 10.3. The van der Waals surface area contributed by atoms with Crippen LogP contribution in [0.3, 0.4) is 0 Å². The third-order valence-electron chi connectivity index (χ3n) is 3.21. The highest BCUT2D eigenvalue weighted by atomic mass is 32.1. The van der Waals surface area contributed by atoms with Crippen LogP contribution < -0.4 is 0 Å². The van der Waals surface area contributed by atoms with Crippen molar-refractivity contribution in [3.63, 3.8) is 0 Å². The second-order valence-electron chi connectivity index (χ2n) is 4.69. The van der Waals surface area contributed by atoms with E-state index in [0.717, 1.165) is 36.8 Å².